The van der Waals surface area contributed by atoms with E-state index in [-0.39, 0.29) is 42.0 Å². The summed E-state index contributed by atoms with van der Waals surface area (Å²) in [6.07, 6.45) is 5.70. The average molecular weight is 509 g/mol. The number of aliphatic hydroxyl groups excluding tert-OH is 1. The molecule has 3 atom stereocenters. The fraction of sp³-hybridized carbons (Fsp3) is 0.840. The van der Waals surface area contributed by atoms with E-state index in [1.807, 2.05) is 20.0 Å². The Balaban J connectivity index is 1.78. The van der Waals surface area contributed by atoms with Crippen molar-refractivity contribution in [3.05, 3.63) is 11.9 Å². The summed E-state index contributed by atoms with van der Waals surface area (Å²) in [5, 5.41) is 28.0. The molecule has 0 spiro atoms. The van der Waals surface area contributed by atoms with Crippen molar-refractivity contribution >= 4 is 20.2 Å². The molecule has 198 valence electrons. The van der Waals surface area contributed by atoms with Crippen LogP contribution in [0.25, 0.3) is 0 Å². The Labute approximate surface area is 210 Å². The molecule has 9 nitrogen and oxygen atoms in total. The predicted molar refractivity (Wildman–Crippen MR) is 136 cm³/mol. The van der Waals surface area contributed by atoms with E-state index < -0.39 is 26.4 Å². The largest absolute Gasteiger partial charge is 0.480 e. The molecule has 2 heterocycles. The number of likely N-dealkylation sites (tertiary alicyclic amines) is 1. The van der Waals surface area contributed by atoms with E-state index in [1.54, 1.807) is 4.68 Å². The summed E-state index contributed by atoms with van der Waals surface area (Å²) in [6, 6.07) is -1.53. The van der Waals surface area contributed by atoms with E-state index in [1.165, 1.54) is 4.90 Å². The van der Waals surface area contributed by atoms with Crippen molar-refractivity contribution < 1.29 is 24.2 Å². The maximum atomic E-state index is 13.8. The molecular weight excluding hydrogens is 464 g/mol. The molecule has 1 saturated carbocycles. The van der Waals surface area contributed by atoms with Gasteiger partial charge in [-0.15, -0.1) is 5.10 Å². The highest BCUT2D eigenvalue weighted by Crippen LogP contribution is 2.40. The molecular formula is C25H44N4O5Si. The van der Waals surface area contributed by atoms with Crippen LogP contribution in [0.3, 0.4) is 0 Å². The second-order valence-electron chi connectivity index (χ2n) is 12.3. The quantitative estimate of drug-likeness (QED) is 0.513. The van der Waals surface area contributed by atoms with Gasteiger partial charge in [-0.2, -0.15) is 0 Å². The monoisotopic (exact) mass is 508 g/mol. The lowest BCUT2D eigenvalue weighted by Gasteiger charge is -2.38. The zero-order valence-electron chi connectivity index (χ0n) is 22.4. The Morgan fingerprint density at radius 3 is 2.34 bits per heavy atom. The van der Waals surface area contributed by atoms with Gasteiger partial charge in [-0.1, -0.05) is 39.8 Å². The Hall–Kier alpha value is -1.78. The lowest BCUT2D eigenvalue weighted by molar-refractivity contribution is -0.150. The second kappa shape index (κ2) is 10.7. The number of carboxylic acids is 1. The van der Waals surface area contributed by atoms with Crippen LogP contribution in [0, 0.1) is 11.8 Å². The normalized spacial score (nSPS) is 26.8. The minimum absolute atomic E-state index is 0.00292. The van der Waals surface area contributed by atoms with Crippen LogP contribution in [0.15, 0.2) is 6.20 Å². The van der Waals surface area contributed by atoms with Gasteiger partial charge in [0.25, 0.3) is 0 Å². The smallest absolute Gasteiger partial charge is 0.326 e. The molecule has 35 heavy (non-hydrogen) atoms. The third kappa shape index (κ3) is 6.14. The van der Waals surface area contributed by atoms with Gasteiger partial charge in [0.2, 0.25) is 5.91 Å². The minimum Gasteiger partial charge on any atom is -0.480 e. The van der Waals surface area contributed by atoms with Crippen molar-refractivity contribution in [2.45, 2.75) is 109 Å². The van der Waals surface area contributed by atoms with Crippen molar-refractivity contribution in [2.75, 3.05) is 13.2 Å². The Morgan fingerprint density at radius 2 is 1.83 bits per heavy atom. The third-order valence-corrected chi connectivity index (χ3v) is 12.9. The number of aliphatic carboxylic acids is 1. The molecule has 0 unspecified atom stereocenters. The van der Waals surface area contributed by atoms with Crippen LogP contribution < -0.4 is 0 Å². The van der Waals surface area contributed by atoms with E-state index in [9.17, 15) is 19.8 Å². The van der Waals surface area contributed by atoms with Crippen LogP contribution in [0.4, 0.5) is 0 Å². The molecule has 0 bridgehead atoms. The van der Waals surface area contributed by atoms with Crippen LogP contribution >= 0.6 is 0 Å². The number of aromatic nitrogens is 3. The lowest BCUT2D eigenvalue weighted by Crippen LogP contribution is -2.46. The molecule has 1 amide bonds. The van der Waals surface area contributed by atoms with Gasteiger partial charge in [0.05, 0.1) is 11.8 Å². The molecule has 1 aromatic rings. The fourth-order valence-electron chi connectivity index (χ4n) is 5.08. The number of amides is 1. The number of nitrogens with zero attached hydrogens (tertiary/aromatic N) is 4. The standard InChI is InChI=1S/C25H44N4O5Si/c1-16(2)22(29-14-20(26-27-29)18-10-8-17(15-30)9-11-18)23(31)28-13-19(12-21(28)24(32)33)34-35(6,7)25(3,4)5/h14,16-19,21-22,30H,8-13,15H2,1-7H3,(H,32,33)/t17?,18?,19-,21+,22+/m1/s1. The van der Waals surface area contributed by atoms with E-state index in [0.29, 0.717) is 12.3 Å². The summed E-state index contributed by atoms with van der Waals surface area (Å²) < 4.78 is 8.13. The van der Waals surface area contributed by atoms with E-state index in [0.717, 1.165) is 31.4 Å². The molecule has 3 rings (SSSR count). The molecule has 1 aromatic heterocycles. The van der Waals surface area contributed by atoms with Crippen molar-refractivity contribution in [1.82, 2.24) is 19.9 Å². The van der Waals surface area contributed by atoms with E-state index in [2.05, 4.69) is 44.2 Å². The van der Waals surface area contributed by atoms with Gasteiger partial charge in [-0.3, -0.25) is 4.79 Å². The molecule has 2 fully saturated rings. The highest BCUT2D eigenvalue weighted by atomic mass is 28.4. The first-order chi connectivity index (χ1) is 16.2. The predicted octanol–water partition coefficient (Wildman–Crippen LogP) is 3.82. The van der Waals surface area contributed by atoms with E-state index >= 15 is 0 Å². The Kier molecular flexibility index (Phi) is 8.48. The van der Waals surface area contributed by atoms with Crippen LogP contribution in [0.5, 0.6) is 0 Å². The van der Waals surface area contributed by atoms with Crippen LogP contribution in [-0.4, -0.2) is 75.6 Å². The Morgan fingerprint density at radius 1 is 1.20 bits per heavy atom. The first-order valence-electron chi connectivity index (χ1n) is 13.0. The molecule has 1 aliphatic heterocycles. The average Bonchev–Trinajstić information content (AvgIpc) is 3.40. The summed E-state index contributed by atoms with van der Waals surface area (Å²) in [5.41, 5.74) is 0.871. The number of hydrogen-bond acceptors (Lipinski definition) is 6. The first kappa shape index (κ1) is 27.8. The maximum Gasteiger partial charge on any atom is 0.326 e. The molecule has 1 aliphatic carbocycles. The summed E-state index contributed by atoms with van der Waals surface area (Å²) in [7, 11) is -2.11. The topological polar surface area (TPSA) is 118 Å². The highest BCUT2D eigenvalue weighted by molar-refractivity contribution is 6.74. The van der Waals surface area contributed by atoms with Crippen LogP contribution in [-0.2, 0) is 14.0 Å². The van der Waals surface area contributed by atoms with Crippen molar-refractivity contribution in [2.24, 2.45) is 11.8 Å². The summed E-state index contributed by atoms with van der Waals surface area (Å²) in [4.78, 5) is 27.4. The summed E-state index contributed by atoms with van der Waals surface area (Å²) >= 11 is 0. The summed E-state index contributed by atoms with van der Waals surface area (Å²) in [6.45, 7) is 15.2. The molecule has 10 heteroatoms. The number of carbonyl (C=O) groups excluding carboxylic acids is 1. The first-order valence-corrected chi connectivity index (χ1v) is 15.9. The van der Waals surface area contributed by atoms with E-state index in [4.69, 9.17) is 4.43 Å². The second-order valence-corrected chi connectivity index (χ2v) is 17.0. The minimum atomic E-state index is -2.11. The Bertz CT molecular complexity index is 889. The van der Waals surface area contributed by atoms with Gasteiger partial charge in [0.15, 0.2) is 8.32 Å². The van der Waals surface area contributed by atoms with Gasteiger partial charge in [0.1, 0.15) is 12.1 Å². The molecule has 1 saturated heterocycles. The molecule has 2 N–H and O–H groups in total. The zero-order valence-corrected chi connectivity index (χ0v) is 23.4. The number of carboxylic acid groups (broad SMARTS) is 1. The van der Waals surface area contributed by atoms with Gasteiger partial charge in [-0.05, 0) is 55.7 Å². The van der Waals surface area contributed by atoms with Gasteiger partial charge in [0, 0.05) is 31.7 Å². The van der Waals surface area contributed by atoms with Crippen LogP contribution in [0.1, 0.15) is 84.4 Å². The SMILES string of the molecule is CC(C)[C@@H](C(=O)N1C[C@H](O[Si](C)(C)C(C)(C)C)C[C@H]1C(=O)O)n1cc(C2CCC(CO)CC2)nn1. The van der Waals surface area contributed by atoms with Gasteiger partial charge >= 0.3 is 5.97 Å². The van der Waals surface area contributed by atoms with Crippen molar-refractivity contribution in [3.63, 3.8) is 0 Å². The van der Waals surface area contributed by atoms with Crippen LogP contribution in [0.2, 0.25) is 18.1 Å². The van der Waals surface area contributed by atoms with Gasteiger partial charge in [-0.25, -0.2) is 9.48 Å². The molecule has 0 radical (unpaired) electrons. The maximum absolute atomic E-state index is 13.8. The number of aliphatic hydroxyl groups is 1. The lowest BCUT2D eigenvalue weighted by atomic mass is 9.81. The molecule has 2 aliphatic rings. The third-order valence-electron chi connectivity index (χ3n) is 8.32. The molecule has 0 aromatic carbocycles. The number of carbonyl (C=O) groups is 2. The zero-order chi connectivity index (χ0) is 26.1. The number of hydrogen-bond donors (Lipinski definition) is 2. The van der Waals surface area contributed by atoms with Crippen molar-refractivity contribution in [3.8, 4) is 0 Å². The number of rotatable bonds is 8. The van der Waals surface area contributed by atoms with Crippen molar-refractivity contribution in [1.29, 1.82) is 0 Å². The van der Waals surface area contributed by atoms with Gasteiger partial charge < -0.3 is 19.5 Å². The summed E-state index contributed by atoms with van der Waals surface area (Å²) in [5.74, 6) is -0.695. The fourth-order valence-corrected chi connectivity index (χ4v) is 6.44. The highest BCUT2D eigenvalue weighted by Gasteiger charge is 2.47.